The van der Waals surface area contributed by atoms with E-state index in [-0.39, 0.29) is 29.8 Å². The van der Waals surface area contributed by atoms with Crippen LogP contribution in [0.25, 0.3) is 22.1 Å². The van der Waals surface area contributed by atoms with Crippen molar-refractivity contribution >= 4 is 28.9 Å². The third-order valence-corrected chi connectivity index (χ3v) is 4.84. The normalized spacial score (nSPS) is 11.5. The molecule has 184 valence electrons. The van der Waals surface area contributed by atoms with Crippen LogP contribution in [0.3, 0.4) is 0 Å². The zero-order valence-electron chi connectivity index (χ0n) is 19.1. The minimum atomic E-state index is -1.30. The molecule has 0 bridgehead atoms. The standard InChI is InChI=1S/C25H24O10/c1-3-20(25(29)30)35-16-7-5-15(6-8-16)19-12-33-21-11-17(9-10-18(21)24(19)28)32-13-23(27)34-14-22(26)31-4-2/h5-12,20H,3-4,13-14H2,1-2H3,(H,29,30)/p-1. The van der Waals surface area contributed by atoms with E-state index in [1.54, 1.807) is 38.1 Å². The molecule has 10 heteroatoms. The average molecular weight is 483 g/mol. The highest BCUT2D eigenvalue weighted by Gasteiger charge is 2.13. The summed E-state index contributed by atoms with van der Waals surface area (Å²) < 4.78 is 25.7. The van der Waals surface area contributed by atoms with E-state index in [2.05, 4.69) is 4.74 Å². The van der Waals surface area contributed by atoms with E-state index >= 15 is 0 Å². The van der Waals surface area contributed by atoms with Gasteiger partial charge < -0.3 is 33.3 Å². The maximum absolute atomic E-state index is 13.0. The number of carbonyl (C=O) groups excluding carboxylic acids is 3. The van der Waals surface area contributed by atoms with Crippen LogP contribution in [0.15, 0.2) is 57.9 Å². The molecule has 0 N–H and O–H groups in total. The van der Waals surface area contributed by atoms with Crippen molar-refractivity contribution in [1.82, 2.24) is 0 Å². The molecule has 0 saturated carbocycles. The molecule has 3 rings (SSSR count). The zero-order chi connectivity index (χ0) is 25.4. The third-order valence-electron chi connectivity index (χ3n) is 4.84. The number of ether oxygens (including phenoxy) is 4. The fraction of sp³-hybridized carbons (Fsp3) is 0.280. The van der Waals surface area contributed by atoms with E-state index < -0.39 is 37.2 Å². The van der Waals surface area contributed by atoms with Crippen LogP contribution >= 0.6 is 0 Å². The minimum absolute atomic E-state index is 0.181. The molecule has 1 aromatic heterocycles. The number of carboxylic acid groups (broad SMARTS) is 1. The smallest absolute Gasteiger partial charge is 0.344 e. The van der Waals surface area contributed by atoms with Gasteiger partial charge in [-0.15, -0.1) is 0 Å². The van der Waals surface area contributed by atoms with Crippen molar-refractivity contribution in [3.8, 4) is 22.6 Å². The van der Waals surface area contributed by atoms with Crippen molar-refractivity contribution in [2.75, 3.05) is 19.8 Å². The van der Waals surface area contributed by atoms with Crippen LogP contribution in [-0.4, -0.2) is 43.8 Å². The number of fused-ring (bicyclic) bond motifs is 1. The second-order valence-electron chi connectivity index (χ2n) is 7.25. The van der Waals surface area contributed by atoms with Gasteiger partial charge in [-0.25, -0.2) is 9.59 Å². The molecule has 3 aromatic rings. The molecule has 2 aromatic carbocycles. The Kier molecular flexibility index (Phi) is 8.44. The predicted molar refractivity (Wildman–Crippen MR) is 121 cm³/mol. The SMILES string of the molecule is CCOC(=O)COC(=O)COc1ccc2c(=O)c(-c3ccc(OC(CC)C(=O)[O-])cc3)coc2c1. The van der Waals surface area contributed by atoms with Gasteiger partial charge in [0.15, 0.2) is 18.6 Å². The Morgan fingerprint density at radius 3 is 2.29 bits per heavy atom. The van der Waals surface area contributed by atoms with Crippen LogP contribution in [0.1, 0.15) is 20.3 Å². The van der Waals surface area contributed by atoms with Crippen LogP contribution in [-0.2, 0) is 23.9 Å². The Morgan fingerprint density at radius 2 is 1.63 bits per heavy atom. The van der Waals surface area contributed by atoms with Gasteiger partial charge in [-0.3, -0.25) is 4.79 Å². The molecular formula is C25H23O10-. The number of carboxylic acids is 1. The minimum Gasteiger partial charge on any atom is -0.546 e. The van der Waals surface area contributed by atoms with Gasteiger partial charge in [0.25, 0.3) is 0 Å². The number of hydrogen-bond donors (Lipinski definition) is 0. The van der Waals surface area contributed by atoms with Crippen molar-refractivity contribution in [1.29, 1.82) is 0 Å². The fourth-order valence-electron chi connectivity index (χ4n) is 3.10. The number of rotatable bonds is 11. The maximum atomic E-state index is 13.0. The molecule has 0 radical (unpaired) electrons. The summed E-state index contributed by atoms with van der Waals surface area (Å²) in [5, 5.41) is 11.3. The van der Waals surface area contributed by atoms with Crippen molar-refractivity contribution in [3.05, 3.63) is 59.0 Å². The number of aliphatic carboxylic acids is 1. The van der Waals surface area contributed by atoms with E-state index in [9.17, 15) is 24.3 Å². The monoisotopic (exact) mass is 483 g/mol. The maximum Gasteiger partial charge on any atom is 0.344 e. The lowest BCUT2D eigenvalue weighted by atomic mass is 10.1. The molecule has 0 amide bonds. The lowest BCUT2D eigenvalue weighted by Crippen LogP contribution is -2.39. The summed E-state index contributed by atoms with van der Waals surface area (Å²) in [5.41, 5.74) is 0.809. The fourth-order valence-corrected chi connectivity index (χ4v) is 3.10. The van der Waals surface area contributed by atoms with Gasteiger partial charge in [0.1, 0.15) is 29.4 Å². The molecule has 0 saturated heterocycles. The molecular weight excluding hydrogens is 460 g/mol. The molecule has 1 heterocycles. The number of hydrogen-bond acceptors (Lipinski definition) is 10. The van der Waals surface area contributed by atoms with Crippen molar-refractivity contribution in [2.45, 2.75) is 26.4 Å². The van der Waals surface area contributed by atoms with Crippen LogP contribution in [0.2, 0.25) is 0 Å². The van der Waals surface area contributed by atoms with Gasteiger partial charge in [-0.05, 0) is 43.2 Å². The van der Waals surface area contributed by atoms with Crippen LogP contribution in [0, 0.1) is 0 Å². The Hall–Kier alpha value is -4.34. The van der Waals surface area contributed by atoms with E-state index in [0.717, 1.165) is 0 Å². The largest absolute Gasteiger partial charge is 0.546 e. The first kappa shape index (κ1) is 25.3. The first-order valence-electron chi connectivity index (χ1n) is 10.8. The number of carbonyl (C=O) groups is 3. The second-order valence-corrected chi connectivity index (χ2v) is 7.25. The first-order chi connectivity index (χ1) is 16.8. The van der Waals surface area contributed by atoms with Crippen molar-refractivity contribution in [3.63, 3.8) is 0 Å². The van der Waals surface area contributed by atoms with Crippen LogP contribution < -0.4 is 20.0 Å². The molecule has 10 nitrogen and oxygen atoms in total. The molecule has 0 aliphatic carbocycles. The van der Waals surface area contributed by atoms with Crippen molar-refractivity contribution < 1.29 is 42.9 Å². The molecule has 0 aliphatic rings. The summed E-state index contributed by atoms with van der Waals surface area (Å²) in [7, 11) is 0. The van der Waals surface area contributed by atoms with Crippen molar-refractivity contribution in [2.24, 2.45) is 0 Å². The Morgan fingerprint density at radius 1 is 0.943 bits per heavy atom. The Labute approximate surface area is 200 Å². The molecule has 1 atom stereocenters. The summed E-state index contributed by atoms with van der Waals surface area (Å²) in [6, 6.07) is 10.8. The topological polar surface area (TPSA) is 141 Å². The highest BCUT2D eigenvalue weighted by molar-refractivity contribution is 5.83. The summed E-state index contributed by atoms with van der Waals surface area (Å²) in [4.78, 5) is 46.9. The zero-order valence-corrected chi connectivity index (χ0v) is 19.1. The Balaban J connectivity index is 1.69. The third kappa shape index (κ3) is 6.59. The van der Waals surface area contributed by atoms with Crippen LogP contribution in [0.4, 0.5) is 0 Å². The van der Waals surface area contributed by atoms with Gasteiger partial charge in [-0.2, -0.15) is 0 Å². The Bertz CT molecular complexity index is 1260. The van der Waals surface area contributed by atoms with Gasteiger partial charge in [0.2, 0.25) is 0 Å². The quantitative estimate of drug-likeness (QED) is 0.371. The second kappa shape index (κ2) is 11.7. The summed E-state index contributed by atoms with van der Waals surface area (Å²) in [5.74, 6) is -2.12. The average Bonchev–Trinajstić information content (AvgIpc) is 2.85. The van der Waals surface area contributed by atoms with Gasteiger partial charge in [0.05, 0.1) is 23.5 Å². The molecule has 0 spiro atoms. The van der Waals surface area contributed by atoms with Gasteiger partial charge >= 0.3 is 11.9 Å². The first-order valence-corrected chi connectivity index (χ1v) is 10.8. The van der Waals surface area contributed by atoms with Gasteiger partial charge in [-0.1, -0.05) is 19.1 Å². The molecule has 35 heavy (non-hydrogen) atoms. The number of esters is 2. The highest BCUT2D eigenvalue weighted by Crippen LogP contribution is 2.25. The highest BCUT2D eigenvalue weighted by atomic mass is 16.6. The van der Waals surface area contributed by atoms with E-state index in [1.165, 1.54) is 24.5 Å². The van der Waals surface area contributed by atoms with Crippen LogP contribution in [0.5, 0.6) is 11.5 Å². The molecule has 0 fully saturated rings. The number of benzene rings is 2. The lowest BCUT2D eigenvalue weighted by molar-refractivity contribution is -0.313. The van der Waals surface area contributed by atoms with Gasteiger partial charge in [0, 0.05) is 6.07 Å². The summed E-state index contributed by atoms with van der Waals surface area (Å²) in [6.45, 7) is 2.54. The lowest BCUT2D eigenvalue weighted by Gasteiger charge is -2.18. The molecule has 1 unspecified atom stereocenters. The van der Waals surface area contributed by atoms with E-state index in [0.29, 0.717) is 22.3 Å². The predicted octanol–water partition coefficient (Wildman–Crippen LogP) is 1.85. The van der Waals surface area contributed by atoms with E-state index in [1.807, 2.05) is 0 Å². The summed E-state index contributed by atoms with van der Waals surface area (Å²) >= 11 is 0. The molecule has 0 aliphatic heterocycles. The van der Waals surface area contributed by atoms with E-state index in [4.69, 9.17) is 18.6 Å². The summed E-state index contributed by atoms with van der Waals surface area (Å²) in [6.07, 6.45) is 0.481.